The Hall–Kier alpha value is -2.23. The first-order valence-corrected chi connectivity index (χ1v) is 11.1. The molecule has 1 amide bonds. The molecule has 2 aliphatic heterocycles. The molecule has 3 heterocycles. The first-order chi connectivity index (χ1) is 15.5. The van der Waals surface area contributed by atoms with Crippen molar-refractivity contribution in [2.24, 2.45) is 0 Å². The van der Waals surface area contributed by atoms with Crippen LogP contribution < -0.4 is 15.4 Å². The van der Waals surface area contributed by atoms with E-state index in [2.05, 4.69) is 15.6 Å². The van der Waals surface area contributed by atoms with Gasteiger partial charge in [0.25, 0.3) is 0 Å². The average molecular weight is 462 g/mol. The largest absolute Gasteiger partial charge is 0.497 e. The number of halogens is 1. The second-order valence-electron chi connectivity index (χ2n) is 8.09. The van der Waals surface area contributed by atoms with Crippen molar-refractivity contribution in [1.29, 1.82) is 0 Å². The maximum atomic E-state index is 12.3. The summed E-state index contributed by atoms with van der Waals surface area (Å²) in [6.45, 7) is 1.44. The van der Waals surface area contributed by atoms with Crippen LogP contribution in [0.1, 0.15) is 24.0 Å². The number of amides is 1. The smallest absolute Gasteiger partial charge is 0.222 e. The summed E-state index contributed by atoms with van der Waals surface area (Å²) >= 11 is 6.13. The highest BCUT2D eigenvalue weighted by molar-refractivity contribution is 6.31. The molecule has 1 aromatic heterocycles. The molecular formula is C23H28ClN3O5. The quantitative estimate of drug-likeness (QED) is 0.523. The van der Waals surface area contributed by atoms with Gasteiger partial charge in [-0.2, -0.15) is 0 Å². The molecule has 172 valence electrons. The number of ether oxygens (including phenoxy) is 3. The molecule has 5 atom stereocenters. The number of aliphatic hydroxyl groups is 1. The molecule has 4 rings (SSSR count). The lowest BCUT2D eigenvalue weighted by molar-refractivity contribution is -0.124. The molecule has 5 unspecified atom stereocenters. The van der Waals surface area contributed by atoms with Gasteiger partial charge in [-0.1, -0.05) is 23.7 Å². The highest BCUT2D eigenvalue weighted by atomic mass is 35.5. The molecule has 8 nitrogen and oxygen atoms in total. The van der Waals surface area contributed by atoms with Gasteiger partial charge in [-0.05, 0) is 23.8 Å². The van der Waals surface area contributed by atoms with E-state index < -0.39 is 12.2 Å². The first kappa shape index (κ1) is 22.9. The van der Waals surface area contributed by atoms with Crippen LogP contribution in [0.25, 0.3) is 0 Å². The van der Waals surface area contributed by atoms with Crippen LogP contribution in [-0.4, -0.2) is 60.2 Å². The van der Waals surface area contributed by atoms with E-state index in [-0.39, 0.29) is 30.6 Å². The Labute approximate surface area is 192 Å². The van der Waals surface area contributed by atoms with Gasteiger partial charge in [0.1, 0.15) is 18.0 Å². The number of nitrogens with one attached hydrogen (secondary N) is 2. The second-order valence-corrected chi connectivity index (χ2v) is 8.50. The lowest BCUT2D eigenvalue weighted by atomic mass is 10.1. The van der Waals surface area contributed by atoms with Crippen LogP contribution in [0.2, 0.25) is 5.02 Å². The van der Waals surface area contributed by atoms with Crippen LogP contribution in [-0.2, 0) is 27.4 Å². The number of nitrogens with zero attached hydrogens (tertiary/aromatic N) is 1. The number of hydrogen-bond donors (Lipinski definition) is 3. The second kappa shape index (κ2) is 10.6. The van der Waals surface area contributed by atoms with E-state index in [9.17, 15) is 9.90 Å². The Morgan fingerprint density at radius 1 is 1.25 bits per heavy atom. The average Bonchev–Trinajstić information content (AvgIpc) is 3.32. The van der Waals surface area contributed by atoms with Crippen molar-refractivity contribution in [3.8, 4) is 5.75 Å². The molecule has 9 heteroatoms. The summed E-state index contributed by atoms with van der Waals surface area (Å²) in [5, 5.41) is 17.4. The fourth-order valence-electron chi connectivity index (χ4n) is 4.12. The molecule has 2 aliphatic rings. The SMILES string of the molecule is COc1ccc(CNC(=O)CC2CC3OC(CNCc4cnccc4Cl)C(O)C3O2)cc1. The molecular weight excluding hydrogens is 434 g/mol. The third kappa shape index (κ3) is 5.57. The van der Waals surface area contributed by atoms with Crippen molar-refractivity contribution < 1.29 is 24.1 Å². The Bertz CT molecular complexity index is 913. The molecule has 3 N–H and O–H groups in total. The monoisotopic (exact) mass is 461 g/mol. The summed E-state index contributed by atoms with van der Waals surface area (Å²) in [4.78, 5) is 16.4. The summed E-state index contributed by atoms with van der Waals surface area (Å²) in [5.74, 6) is 0.686. The summed E-state index contributed by atoms with van der Waals surface area (Å²) < 4.78 is 17.1. The fourth-order valence-corrected chi connectivity index (χ4v) is 4.29. The van der Waals surface area contributed by atoms with Gasteiger partial charge < -0.3 is 30.0 Å². The minimum atomic E-state index is -0.746. The number of aromatic nitrogens is 1. The Morgan fingerprint density at radius 2 is 2.06 bits per heavy atom. The van der Waals surface area contributed by atoms with Gasteiger partial charge in [0, 0.05) is 49.0 Å². The maximum Gasteiger partial charge on any atom is 0.222 e. The number of carbonyl (C=O) groups is 1. The van der Waals surface area contributed by atoms with E-state index in [1.807, 2.05) is 24.3 Å². The van der Waals surface area contributed by atoms with E-state index in [1.165, 1.54) is 0 Å². The Morgan fingerprint density at radius 3 is 2.78 bits per heavy atom. The summed E-state index contributed by atoms with van der Waals surface area (Å²) in [6, 6.07) is 9.29. The van der Waals surface area contributed by atoms with E-state index in [1.54, 1.807) is 25.6 Å². The van der Waals surface area contributed by atoms with Crippen LogP contribution in [0.15, 0.2) is 42.7 Å². The van der Waals surface area contributed by atoms with Gasteiger partial charge >= 0.3 is 0 Å². The van der Waals surface area contributed by atoms with Crippen molar-refractivity contribution in [2.75, 3.05) is 13.7 Å². The Balaban J connectivity index is 1.18. The van der Waals surface area contributed by atoms with Gasteiger partial charge in [-0.25, -0.2) is 0 Å². The topological polar surface area (TPSA) is 102 Å². The molecule has 0 spiro atoms. The van der Waals surface area contributed by atoms with Crippen molar-refractivity contribution in [1.82, 2.24) is 15.6 Å². The number of benzene rings is 1. The number of hydrogen-bond acceptors (Lipinski definition) is 7. The molecule has 2 aromatic rings. The molecule has 0 saturated carbocycles. The van der Waals surface area contributed by atoms with Gasteiger partial charge in [-0.3, -0.25) is 9.78 Å². The third-order valence-electron chi connectivity index (χ3n) is 5.85. The van der Waals surface area contributed by atoms with Crippen LogP contribution >= 0.6 is 11.6 Å². The molecule has 0 aliphatic carbocycles. The molecule has 32 heavy (non-hydrogen) atoms. The van der Waals surface area contributed by atoms with Crippen LogP contribution in [0.3, 0.4) is 0 Å². The zero-order chi connectivity index (χ0) is 22.5. The summed E-state index contributed by atoms with van der Waals surface area (Å²) in [5.41, 5.74) is 1.88. The van der Waals surface area contributed by atoms with Crippen molar-refractivity contribution in [3.05, 3.63) is 58.9 Å². The summed E-state index contributed by atoms with van der Waals surface area (Å²) in [6.07, 6.45) is 2.17. The van der Waals surface area contributed by atoms with Gasteiger partial charge in [-0.15, -0.1) is 0 Å². The predicted octanol–water partition coefficient (Wildman–Crippen LogP) is 1.83. The maximum absolute atomic E-state index is 12.3. The third-order valence-corrected chi connectivity index (χ3v) is 6.21. The van der Waals surface area contributed by atoms with Crippen molar-refractivity contribution >= 4 is 17.5 Å². The van der Waals surface area contributed by atoms with E-state index in [4.69, 9.17) is 25.8 Å². The number of aliphatic hydroxyl groups excluding tert-OH is 1. The number of pyridine rings is 1. The van der Waals surface area contributed by atoms with Crippen LogP contribution in [0.4, 0.5) is 0 Å². The summed E-state index contributed by atoms with van der Waals surface area (Å²) in [7, 11) is 1.62. The minimum absolute atomic E-state index is 0.0909. The number of carbonyl (C=O) groups excluding carboxylic acids is 1. The Kier molecular flexibility index (Phi) is 7.59. The molecule has 1 aromatic carbocycles. The highest BCUT2D eigenvalue weighted by Gasteiger charge is 2.50. The van der Waals surface area contributed by atoms with Crippen LogP contribution in [0, 0.1) is 0 Å². The number of fused-ring (bicyclic) bond motifs is 1. The molecule has 0 bridgehead atoms. The lowest BCUT2D eigenvalue weighted by Gasteiger charge is -2.20. The predicted molar refractivity (Wildman–Crippen MR) is 118 cm³/mol. The standard InChI is InChI=1S/C23H28ClN3O5/c1-30-16-4-2-14(3-5-16)10-27-21(28)9-17-8-19-23(31-17)22(29)20(32-19)13-26-12-15-11-25-7-6-18(15)24/h2-7,11,17,19-20,22-23,26,29H,8-10,12-13H2,1H3,(H,27,28). The van der Waals surface area contributed by atoms with E-state index in [0.29, 0.717) is 31.1 Å². The number of methoxy groups -OCH3 is 1. The van der Waals surface area contributed by atoms with Crippen LogP contribution in [0.5, 0.6) is 5.75 Å². The van der Waals surface area contributed by atoms with E-state index in [0.717, 1.165) is 16.9 Å². The number of rotatable bonds is 9. The molecule has 2 saturated heterocycles. The van der Waals surface area contributed by atoms with Gasteiger partial charge in [0.2, 0.25) is 5.91 Å². The molecule has 0 radical (unpaired) electrons. The molecule has 2 fully saturated rings. The lowest BCUT2D eigenvalue weighted by Crippen LogP contribution is -2.39. The highest BCUT2D eigenvalue weighted by Crippen LogP contribution is 2.35. The fraction of sp³-hybridized carbons (Fsp3) is 0.478. The normalized spacial score (nSPS) is 26.7. The van der Waals surface area contributed by atoms with Crippen molar-refractivity contribution in [3.63, 3.8) is 0 Å². The van der Waals surface area contributed by atoms with Gasteiger partial charge in [0.05, 0.1) is 31.8 Å². The zero-order valence-corrected chi connectivity index (χ0v) is 18.6. The zero-order valence-electron chi connectivity index (χ0n) is 17.9. The minimum Gasteiger partial charge on any atom is -0.497 e. The van der Waals surface area contributed by atoms with Crippen molar-refractivity contribution in [2.45, 2.75) is 56.5 Å². The van der Waals surface area contributed by atoms with Gasteiger partial charge in [0.15, 0.2) is 0 Å². The first-order valence-electron chi connectivity index (χ1n) is 10.7. The van der Waals surface area contributed by atoms with E-state index >= 15 is 0 Å².